The molecule has 1 saturated heterocycles. The van der Waals surface area contributed by atoms with Gasteiger partial charge in [-0.05, 0) is 55.0 Å². The summed E-state index contributed by atoms with van der Waals surface area (Å²) in [6, 6.07) is 9.82. The van der Waals surface area contributed by atoms with Crippen molar-refractivity contribution in [2.45, 2.75) is 26.7 Å². The van der Waals surface area contributed by atoms with Gasteiger partial charge in [0.25, 0.3) is 5.91 Å². The number of carbonyl (C=O) groups excluding carboxylic acids is 2. The zero-order valence-electron chi connectivity index (χ0n) is 14.8. The van der Waals surface area contributed by atoms with Gasteiger partial charge in [-0.15, -0.1) is 11.3 Å². The van der Waals surface area contributed by atoms with Crippen LogP contribution in [0.15, 0.2) is 35.7 Å². The topological polar surface area (TPSA) is 40.6 Å². The van der Waals surface area contributed by atoms with Gasteiger partial charge in [0.1, 0.15) is 0 Å². The minimum Gasteiger partial charge on any atom is -0.341 e. The molecule has 0 radical (unpaired) electrons. The monoisotopic (exact) mass is 356 g/mol. The molecule has 0 aliphatic carbocycles. The summed E-state index contributed by atoms with van der Waals surface area (Å²) in [5, 5.41) is 2.00. The van der Waals surface area contributed by atoms with Crippen LogP contribution in [0.25, 0.3) is 0 Å². The van der Waals surface area contributed by atoms with Crippen LogP contribution in [0.4, 0.5) is 0 Å². The van der Waals surface area contributed by atoms with Crippen molar-refractivity contribution in [1.29, 1.82) is 0 Å². The molecule has 1 aliphatic rings. The lowest BCUT2D eigenvalue weighted by Crippen LogP contribution is -2.37. The van der Waals surface area contributed by atoms with E-state index in [0.717, 1.165) is 29.0 Å². The molecule has 0 spiro atoms. The highest BCUT2D eigenvalue weighted by molar-refractivity contribution is 7.10. The summed E-state index contributed by atoms with van der Waals surface area (Å²) in [4.78, 5) is 30.1. The Labute approximate surface area is 153 Å². The fraction of sp³-hybridized carbons (Fsp3) is 0.400. The van der Waals surface area contributed by atoms with Gasteiger partial charge < -0.3 is 9.80 Å². The molecule has 132 valence electrons. The van der Waals surface area contributed by atoms with Crippen LogP contribution in [0, 0.1) is 13.8 Å². The van der Waals surface area contributed by atoms with Crippen LogP contribution >= 0.6 is 11.3 Å². The Kier molecular flexibility index (Phi) is 5.53. The lowest BCUT2D eigenvalue weighted by atomic mass is 10.1. The van der Waals surface area contributed by atoms with Gasteiger partial charge in [0.15, 0.2) is 0 Å². The van der Waals surface area contributed by atoms with Crippen LogP contribution in [-0.2, 0) is 11.2 Å². The Balaban J connectivity index is 1.61. The molecule has 1 aromatic carbocycles. The number of carbonyl (C=O) groups is 2. The number of hydrogen-bond donors (Lipinski definition) is 0. The van der Waals surface area contributed by atoms with Crippen LogP contribution < -0.4 is 0 Å². The van der Waals surface area contributed by atoms with Crippen molar-refractivity contribution >= 4 is 23.2 Å². The Morgan fingerprint density at radius 1 is 1.00 bits per heavy atom. The molecule has 2 aromatic rings. The van der Waals surface area contributed by atoms with E-state index in [1.807, 2.05) is 59.4 Å². The van der Waals surface area contributed by atoms with Crippen molar-refractivity contribution in [1.82, 2.24) is 9.80 Å². The number of amides is 2. The average molecular weight is 356 g/mol. The smallest absolute Gasteiger partial charge is 0.253 e. The molecule has 4 nitrogen and oxygen atoms in total. The summed E-state index contributed by atoms with van der Waals surface area (Å²) in [6.45, 7) is 6.71. The summed E-state index contributed by atoms with van der Waals surface area (Å²) in [5.41, 5.74) is 3.06. The van der Waals surface area contributed by atoms with Crippen molar-refractivity contribution in [3.05, 3.63) is 57.3 Å². The summed E-state index contributed by atoms with van der Waals surface area (Å²) in [5.74, 6) is 0.221. The van der Waals surface area contributed by atoms with Gasteiger partial charge in [0, 0.05) is 36.6 Å². The van der Waals surface area contributed by atoms with Crippen molar-refractivity contribution in [2.75, 3.05) is 26.2 Å². The molecular formula is C20H24N2O2S. The highest BCUT2D eigenvalue weighted by Crippen LogP contribution is 2.15. The highest BCUT2D eigenvalue weighted by Gasteiger charge is 2.23. The SMILES string of the molecule is Cc1ccc(C(=O)N2CCCN(C(=O)Cc3cccs3)CC2)cc1C. The maximum atomic E-state index is 12.8. The Hall–Kier alpha value is -2.14. The molecule has 1 fully saturated rings. The van der Waals surface area contributed by atoms with E-state index in [-0.39, 0.29) is 11.8 Å². The fourth-order valence-corrected chi connectivity index (χ4v) is 3.80. The van der Waals surface area contributed by atoms with Crippen LogP contribution in [-0.4, -0.2) is 47.8 Å². The standard InChI is InChI=1S/C20H24N2O2S/c1-15-6-7-17(13-16(15)2)20(24)22-9-4-8-21(10-11-22)19(23)14-18-5-3-12-25-18/h3,5-7,12-13H,4,8-11,14H2,1-2H3. The Morgan fingerprint density at radius 2 is 1.76 bits per heavy atom. The summed E-state index contributed by atoms with van der Waals surface area (Å²) in [6.07, 6.45) is 1.29. The molecule has 0 unspecified atom stereocenters. The van der Waals surface area contributed by atoms with Gasteiger partial charge in [-0.3, -0.25) is 9.59 Å². The molecule has 25 heavy (non-hydrogen) atoms. The van der Waals surface area contributed by atoms with E-state index in [1.165, 1.54) is 5.56 Å². The second-order valence-electron chi connectivity index (χ2n) is 6.58. The zero-order chi connectivity index (χ0) is 17.8. The largest absolute Gasteiger partial charge is 0.341 e. The van der Waals surface area contributed by atoms with Crippen LogP contribution in [0.1, 0.15) is 32.8 Å². The van der Waals surface area contributed by atoms with E-state index >= 15 is 0 Å². The lowest BCUT2D eigenvalue weighted by Gasteiger charge is -2.22. The van der Waals surface area contributed by atoms with Crippen molar-refractivity contribution in [2.24, 2.45) is 0 Å². The second-order valence-corrected chi connectivity index (χ2v) is 7.61. The van der Waals surface area contributed by atoms with Gasteiger partial charge in [-0.2, -0.15) is 0 Å². The van der Waals surface area contributed by atoms with Gasteiger partial charge >= 0.3 is 0 Å². The first-order valence-corrected chi connectivity index (χ1v) is 9.59. The summed E-state index contributed by atoms with van der Waals surface area (Å²) in [7, 11) is 0. The van der Waals surface area contributed by atoms with Gasteiger partial charge in [0.05, 0.1) is 6.42 Å². The maximum Gasteiger partial charge on any atom is 0.253 e. The zero-order valence-corrected chi connectivity index (χ0v) is 15.6. The molecule has 5 heteroatoms. The van der Waals surface area contributed by atoms with Gasteiger partial charge in [0.2, 0.25) is 5.91 Å². The predicted molar refractivity (Wildman–Crippen MR) is 101 cm³/mol. The molecule has 0 saturated carbocycles. The van der Waals surface area contributed by atoms with Gasteiger partial charge in [-0.25, -0.2) is 0 Å². The van der Waals surface area contributed by atoms with E-state index in [1.54, 1.807) is 11.3 Å². The molecule has 3 rings (SSSR count). The van der Waals surface area contributed by atoms with Gasteiger partial charge in [-0.1, -0.05) is 12.1 Å². The summed E-state index contributed by atoms with van der Waals surface area (Å²) >= 11 is 1.61. The second kappa shape index (κ2) is 7.83. The number of hydrogen-bond acceptors (Lipinski definition) is 3. The third-order valence-electron chi connectivity index (χ3n) is 4.80. The number of rotatable bonds is 3. The highest BCUT2D eigenvalue weighted by atomic mass is 32.1. The number of aryl methyl sites for hydroxylation is 2. The van der Waals surface area contributed by atoms with E-state index in [9.17, 15) is 9.59 Å². The normalized spacial score (nSPS) is 15.1. The molecule has 0 atom stereocenters. The van der Waals surface area contributed by atoms with E-state index in [0.29, 0.717) is 26.1 Å². The Morgan fingerprint density at radius 3 is 2.48 bits per heavy atom. The van der Waals surface area contributed by atoms with Crippen LogP contribution in [0.2, 0.25) is 0 Å². The predicted octanol–water partition coefficient (Wildman–Crippen LogP) is 3.28. The summed E-state index contributed by atoms with van der Waals surface area (Å²) < 4.78 is 0. The number of nitrogens with zero attached hydrogens (tertiary/aromatic N) is 2. The molecule has 0 bridgehead atoms. The third kappa shape index (κ3) is 4.28. The quantitative estimate of drug-likeness (QED) is 0.847. The van der Waals surface area contributed by atoms with Crippen LogP contribution in [0.5, 0.6) is 0 Å². The molecule has 0 N–H and O–H groups in total. The average Bonchev–Trinajstić information content (AvgIpc) is 2.98. The van der Waals surface area contributed by atoms with Crippen molar-refractivity contribution in [3.8, 4) is 0 Å². The van der Waals surface area contributed by atoms with Crippen LogP contribution in [0.3, 0.4) is 0 Å². The number of benzene rings is 1. The maximum absolute atomic E-state index is 12.8. The van der Waals surface area contributed by atoms with E-state index in [4.69, 9.17) is 0 Å². The minimum atomic E-state index is 0.0654. The first-order chi connectivity index (χ1) is 12.0. The molecule has 1 aromatic heterocycles. The Bertz CT molecular complexity index is 755. The first-order valence-electron chi connectivity index (χ1n) is 8.71. The fourth-order valence-electron chi connectivity index (χ4n) is 3.10. The molecule has 1 aliphatic heterocycles. The minimum absolute atomic E-state index is 0.0654. The van der Waals surface area contributed by atoms with Crippen molar-refractivity contribution in [3.63, 3.8) is 0 Å². The number of thiophene rings is 1. The third-order valence-corrected chi connectivity index (χ3v) is 5.67. The first kappa shape index (κ1) is 17.7. The lowest BCUT2D eigenvalue weighted by molar-refractivity contribution is -0.130. The van der Waals surface area contributed by atoms with E-state index < -0.39 is 0 Å². The van der Waals surface area contributed by atoms with Crippen molar-refractivity contribution < 1.29 is 9.59 Å². The molecular weight excluding hydrogens is 332 g/mol. The van der Waals surface area contributed by atoms with E-state index in [2.05, 4.69) is 0 Å². The molecule has 2 amide bonds. The molecule has 2 heterocycles.